The zero-order valence-corrected chi connectivity index (χ0v) is 15.9. The van der Waals surface area contributed by atoms with Gasteiger partial charge in [0.15, 0.2) is 0 Å². The second-order valence-corrected chi connectivity index (χ2v) is 5.82. The molecule has 0 aromatic heterocycles. The van der Waals surface area contributed by atoms with Crippen molar-refractivity contribution in [1.29, 1.82) is 0 Å². The molecule has 0 heterocycles. The van der Waals surface area contributed by atoms with E-state index in [2.05, 4.69) is 32.6 Å². The number of hydrogen-bond donors (Lipinski definition) is 0. The lowest BCUT2D eigenvalue weighted by molar-refractivity contribution is -0.137. The Bertz CT molecular complexity index is 215. The molecule has 0 aliphatic rings. The average molecular weight is 292 g/mol. The number of nitrogens with zero attached hydrogens (tertiary/aromatic N) is 1. The lowest BCUT2D eigenvalue weighted by Gasteiger charge is -2.34. The molecule has 0 saturated carbocycles. The monoisotopic (exact) mass is 291 g/mol. The Kier molecular flexibility index (Phi) is 9.91. The molecule has 0 amide bonds. The van der Waals surface area contributed by atoms with Crippen LogP contribution in [-0.2, 0) is 13.9 Å². The fraction of sp³-hybridized carbons (Fsp3) is 1.00. The van der Waals surface area contributed by atoms with E-state index in [0.29, 0.717) is 0 Å². The summed E-state index contributed by atoms with van der Waals surface area (Å²) in [5.41, 5.74) is 0.00158. The Morgan fingerprint density at radius 1 is 1.05 bits per heavy atom. The molecular formula is C14H33NO3Si. The average Bonchev–Trinajstić information content (AvgIpc) is 2.35. The summed E-state index contributed by atoms with van der Waals surface area (Å²) in [6.45, 7) is 15.0. The second-order valence-electron chi connectivity index (χ2n) is 5.41. The van der Waals surface area contributed by atoms with Crippen LogP contribution < -0.4 is 0 Å². The molecular weight excluding hydrogens is 258 g/mol. The molecule has 0 saturated heterocycles. The highest BCUT2D eigenvalue weighted by atomic mass is 28.2. The molecule has 0 aromatic rings. The highest BCUT2D eigenvalue weighted by molar-refractivity contribution is 5.98. The number of hydrogen-bond acceptors (Lipinski definition) is 4. The molecule has 0 aromatic carbocycles. The van der Waals surface area contributed by atoms with Gasteiger partial charge < -0.3 is 13.9 Å². The van der Waals surface area contributed by atoms with Crippen LogP contribution in [0.3, 0.4) is 0 Å². The van der Waals surface area contributed by atoms with Crippen LogP contribution in [0, 0.1) is 0 Å². The van der Waals surface area contributed by atoms with E-state index in [1.807, 2.05) is 13.8 Å². The van der Waals surface area contributed by atoms with E-state index >= 15 is 0 Å². The van der Waals surface area contributed by atoms with Gasteiger partial charge in [-0.15, -0.1) is 0 Å². The molecule has 116 valence electrons. The van der Waals surface area contributed by atoms with Gasteiger partial charge in [0.2, 0.25) is 0 Å². The molecule has 0 fully saturated rings. The highest BCUT2D eigenvalue weighted by Crippen LogP contribution is 2.17. The van der Waals surface area contributed by atoms with Crippen LogP contribution in [-0.4, -0.2) is 53.2 Å². The predicted octanol–water partition coefficient (Wildman–Crippen LogP) is 1.91. The van der Waals surface area contributed by atoms with Gasteiger partial charge in [-0.3, -0.25) is 4.90 Å². The second kappa shape index (κ2) is 9.88. The van der Waals surface area contributed by atoms with Gasteiger partial charge in [0, 0.05) is 25.4 Å². The minimum atomic E-state index is 0.00158. The zero-order valence-electron chi connectivity index (χ0n) is 13.9. The van der Waals surface area contributed by atoms with Gasteiger partial charge in [-0.05, 0) is 54.4 Å². The maximum absolute atomic E-state index is 5.70. The van der Waals surface area contributed by atoms with Gasteiger partial charge in [-0.25, -0.2) is 0 Å². The minimum absolute atomic E-state index is 0.00158. The van der Waals surface area contributed by atoms with Crippen LogP contribution in [0.4, 0.5) is 0 Å². The van der Waals surface area contributed by atoms with E-state index in [0.717, 1.165) is 43.1 Å². The van der Waals surface area contributed by atoms with Crippen LogP contribution in [0.5, 0.6) is 0 Å². The number of rotatable bonds is 11. The van der Waals surface area contributed by atoms with Crippen molar-refractivity contribution in [1.82, 2.24) is 4.90 Å². The summed E-state index contributed by atoms with van der Waals surface area (Å²) < 4.78 is 17.0. The maximum Gasteiger partial charge on any atom is 0.146 e. The van der Waals surface area contributed by atoms with E-state index in [-0.39, 0.29) is 18.1 Å². The van der Waals surface area contributed by atoms with Crippen molar-refractivity contribution in [3.05, 3.63) is 0 Å². The van der Waals surface area contributed by atoms with Gasteiger partial charge in [-0.1, -0.05) is 0 Å². The van der Waals surface area contributed by atoms with Gasteiger partial charge in [0.25, 0.3) is 0 Å². The third kappa shape index (κ3) is 8.04. The Morgan fingerprint density at radius 2 is 1.53 bits per heavy atom. The summed E-state index contributed by atoms with van der Waals surface area (Å²) in [6, 6.07) is 0. The quantitative estimate of drug-likeness (QED) is 0.430. The summed E-state index contributed by atoms with van der Waals surface area (Å²) in [5.74, 6) is 0. The first-order valence-electron chi connectivity index (χ1n) is 7.42. The van der Waals surface area contributed by atoms with Crippen LogP contribution >= 0.6 is 0 Å². The first-order valence-corrected chi connectivity index (χ1v) is 8.23. The SMILES string of the molecule is CCOC(C)N(CCCC(C)(C)O[SiH3])C(C)OCC. The predicted molar refractivity (Wildman–Crippen MR) is 83.2 cm³/mol. The van der Waals surface area contributed by atoms with Crippen LogP contribution in [0.1, 0.15) is 54.4 Å². The zero-order chi connectivity index (χ0) is 14.9. The van der Waals surface area contributed by atoms with E-state index in [1.165, 1.54) is 0 Å². The van der Waals surface area contributed by atoms with E-state index in [4.69, 9.17) is 13.9 Å². The van der Waals surface area contributed by atoms with Crippen molar-refractivity contribution in [3.8, 4) is 0 Å². The molecule has 0 spiro atoms. The Balaban J connectivity index is 4.33. The summed E-state index contributed by atoms with van der Waals surface area (Å²) in [7, 11) is 0.793. The third-order valence-electron chi connectivity index (χ3n) is 3.50. The first kappa shape index (κ1) is 19.1. The summed E-state index contributed by atoms with van der Waals surface area (Å²) in [4.78, 5) is 2.27. The first-order chi connectivity index (χ1) is 8.87. The normalized spacial score (nSPS) is 15.9. The summed E-state index contributed by atoms with van der Waals surface area (Å²) in [5, 5.41) is 0. The van der Waals surface area contributed by atoms with E-state index in [9.17, 15) is 0 Å². The molecule has 2 atom stereocenters. The topological polar surface area (TPSA) is 30.9 Å². The van der Waals surface area contributed by atoms with Gasteiger partial charge in [0.05, 0.1) is 0 Å². The number of ether oxygens (including phenoxy) is 2. The molecule has 4 nitrogen and oxygen atoms in total. The molecule has 0 aliphatic heterocycles. The van der Waals surface area contributed by atoms with Crippen molar-refractivity contribution in [2.24, 2.45) is 0 Å². The fourth-order valence-corrected chi connectivity index (χ4v) is 2.33. The molecule has 5 heteroatoms. The Morgan fingerprint density at radius 3 is 1.89 bits per heavy atom. The van der Waals surface area contributed by atoms with E-state index < -0.39 is 0 Å². The standard InChI is InChI=1S/C14H33NO3Si/c1-7-16-12(3)15(13(4)17-8-2)11-9-10-14(5,6)18-19/h12-13H,7-11H2,1-6,19H3. The third-order valence-corrected chi connectivity index (χ3v) is 4.60. The minimum Gasteiger partial charge on any atom is -0.423 e. The lowest BCUT2D eigenvalue weighted by atomic mass is 10.0. The Hall–Kier alpha value is 0.0569. The van der Waals surface area contributed by atoms with Crippen molar-refractivity contribution >= 4 is 10.5 Å². The van der Waals surface area contributed by atoms with Crippen LogP contribution in [0.2, 0.25) is 0 Å². The highest BCUT2D eigenvalue weighted by Gasteiger charge is 2.22. The fourth-order valence-electron chi connectivity index (χ4n) is 2.12. The molecule has 0 N–H and O–H groups in total. The van der Waals surface area contributed by atoms with Crippen molar-refractivity contribution in [2.45, 2.75) is 72.4 Å². The Labute approximate surface area is 122 Å². The maximum atomic E-state index is 5.70. The van der Waals surface area contributed by atoms with E-state index in [1.54, 1.807) is 0 Å². The molecule has 0 radical (unpaired) electrons. The molecule has 0 rings (SSSR count). The van der Waals surface area contributed by atoms with Crippen LogP contribution in [0.25, 0.3) is 0 Å². The van der Waals surface area contributed by atoms with Gasteiger partial charge in [0.1, 0.15) is 22.9 Å². The molecule has 19 heavy (non-hydrogen) atoms. The summed E-state index contributed by atoms with van der Waals surface area (Å²) >= 11 is 0. The van der Waals surface area contributed by atoms with Crippen molar-refractivity contribution in [2.75, 3.05) is 19.8 Å². The largest absolute Gasteiger partial charge is 0.423 e. The lowest BCUT2D eigenvalue weighted by Crippen LogP contribution is -2.44. The van der Waals surface area contributed by atoms with Crippen molar-refractivity contribution in [3.63, 3.8) is 0 Å². The molecule has 0 bridgehead atoms. The van der Waals surface area contributed by atoms with Gasteiger partial charge in [-0.2, -0.15) is 0 Å². The van der Waals surface area contributed by atoms with Crippen LogP contribution in [0.15, 0.2) is 0 Å². The summed E-state index contributed by atoms with van der Waals surface area (Å²) in [6.07, 6.45) is 2.33. The molecule has 0 aliphatic carbocycles. The molecule has 2 unspecified atom stereocenters. The van der Waals surface area contributed by atoms with Gasteiger partial charge >= 0.3 is 0 Å². The smallest absolute Gasteiger partial charge is 0.146 e. The van der Waals surface area contributed by atoms with Crippen molar-refractivity contribution < 1.29 is 13.9 Å².